The summed E-state index contributed by atoms with van der Waals surface area (Å²) in [6.07, 6.45) is 2.38. The summed E-state index contributed by atoms with van der Waals surface area (Å²) in [4.78, 5) is 12.4. The second kappa shape index (κ2) is 8.56. The molecule has 1 amide bonds. The number of thioether (sulfide) groups is 1. The lowest BCUT2D eigenvalue weighted by Gasteiger charge is -2.32. The largest absolute Gasteiger partial charge is 0.300 e. The van der Waals surface area contributed by atoms with Crippen LogP contribution in [0.2, 0.25) is 0 Å². The van der Waals surface area contributed by atoms with Crippen molar-refractivity contribution >= 4 is 44.3 Å². The Labute approximate surface area is 151 Å². The fourth-order valence-corrected chi connectivity index (χ4v) is 5.18. The molecule has 1 N–H and O–H groups in total. The highest BCUT2D eigenvalue weighted by Gasteiger charge is 2.33. The van der Waals surface area contributed by atoms with Gasteiger partial charge in [-0.2, -0.15) is 17.0 Å². The molecule has 1 aromatic rings. The van der Waals surface area contributed by atoms with E-state index in [0.717, 1.165) is 16.5 Å². The van der Waals surface area contributed by atoms with Gasteiger partial charge in [-0.15, -0.1) is 10.2 Å². The molecular weight excluding hydrogens is 370 g/mol. The highest BCUT2D eigenvalue weighted by molar-refractivity contribution is 8.01. The fourth-order valence-electron chi connectivity index (χ4n) is 2.31. The molecule has 136 valence electrons. The first-order valence-electron chi connectivity index (χ1n) is 7.79. The van der Waals surface area contributed by atoms with Gasteiger partial charge >= 0.3 is 0 Å². The van der Waals surface area contributed by atoms with Crippen LogP contribution in [0.3, 0.4) is 0 Å². The summed E-state index contributed by atoms with van der Waals surface area (Å²) in [5.41, 5.74) is 0. The van der Waals surface area contributed by atoms with Crippen LogP contribution in [0.5, 0.6) is 0 Å². The number of hydrogen-bond acceptors (Lipinski definition) is 7. The number of nitrogens with zero attached hydrogens (tertiary/aromatic N) is 4. The highest BCUT2D eigenvalue weighted by Crippen LogP contribution is 2.27. The molecule has 0 saturated carbocycles. The second-order valence-electron chi connectivity index (χ2n) is 5.70. The SMILES string of the molecule is CCCSc1nnc(NC(=O)[C@@H]2CCCN(S(=O)(=O)N(C)C)C2)s1. The minimum absolute atomic E-state index is 0.197. The molecule has 24 heavy (non-hydrogen) atoms. The molecule has 0 bridgehead atoms. The molecule has 0 unspecified atom stereocenters. The first-order valence-corrected chi connectivity index (χ1v) is 11.0. The smallest absolute Gasteiger partial charge is 0.281 e. The van der Waals surface area contributed by atoms with Gasteiger partial charge in [0.25, 0.3) is 10.2 Å². The van der Waals surface area contributed by atoms with Crippen LogP contribution in [0.25, 0.3) is 0 Å². The zero-order valence-corrected chi connectivity index (χ0v) is 16.5. The maximum atomic E-state index is 12.4. The van der Waals surface area contributed by atoms with E-state index >= 15 is 0 Å². The molecule has 8 nitrogen and oxygen atoms in total. The van der Waals surface area contributed by atoms with E-state index in [1.54, 1.807) is 11.8 Å². The summed E-state index contributed by atoms with van der Waals surface area (Å²) < 4.78 is 27.8. The molecule has 1 atom stereocenters. The predicted molar refractivity (Wildman–Crippen MR) is 96.5 cm³/mol. The summed E-state index contributed by atoms with van der Waals surface area (Å²) >= 11 is 2.96. The first kappa shape index (κ1) is 19.6. The number of nitrogens with one attached hydrogen (secondary N) is 1. The zero-order chi connectivity index (χ0) is 17.7. The van der Waals surface area contributed by atoms with E-state index in [1.807, 2.05) is 0 Å². The monoisotopic (exact) mass is 393 g/mol. The van der Waals surface area contributed by atoms with E-state index in [4.69, 9.17) is 0 Å². The maximum Gasteiger partial charge on any atom is 0.281 e. The Hall–Kier alpha value is -0.750. The summed E-state index contributed by atoms with van der Waals surface area (Å²) in [5, 5.41) is 11.2. The summed E-state index contributed by atoms with van der Waals surface area (Å²) in [5.74, 6) is 0.392. The van der Waals surface area contributed by atoms with Gasteiger partial charge in [0, 0.05) is 32.9 Å². The Morgan fingerprint density at radius 2 is 2.21 bits per heavy atom. The van der Waals surface area contributed by atoms with Crippen LogP contribution in [0.1, 0.15) is 26.2 Å². The average Bonchev–Trinajstić information content (AvgIpc) is 3.00. The fraction of sp³-hybridized carbons (Fsp3) is 0.769. The third kappa shape index (κ3) is 4.88. The van der Waals surface area contributed by atoms with Crippen molar-refractivity contribution in [1.29, 1.82) is 0 Å². The standard InChI is InChI=1S/C13H23N5O3S3/c1-4-8-22-13-16-15-12(23-13)14-11(19)10-6-5-7-18(9-10)24(20,21)17(2)3/h10H,4-9H2,1-3H3,(H,14,15,19)/t10-/m1/s1. The minimum atomic E-state index is -3.49. The molecule has 2 rings (SSSR count). The molecule has 0 spiro atoms. The Morgan fingerprint density at radius 1 is 1.46 bits per heavy atom. The number of piperidine rings is 1. The van der Waals surface area contributed by atoms with Crippen molar-refractivity contribution in [2.45, 2.75) is 30.5 Å². The van der Waals surface area contributed by atoms with Crippen LogP contribution in [0.4, 0.5) is 5.13 Å². The molecule has 1 fully saturated rings. The van der Waals surface area contributed by atoms with Crippen LogP contribution >= 0.6 is 23.1 Å². The van der Waals surface area contributed by atoms with Gasteiger partial charge in [0.15, 0.2) is 4.34 Å². The Balaban J connectivity index is 1.96. The molecule has 2 heterocycles. The Morgan fingerprint density at radius 3 is 2.88 bits per heavy atom. The molecule has 0 aromatic carbocycles. The number of aromatic nitrogens is 2. The zero-order valence-electron chi connectivity index (χ0n) is 14.1. The van der Waals surface area contributed by atoms with Gasteiger partial charge in [0.1, 0.15) is 0 Å². The van der Waals surface area contributed by atoms with E-state index < -0.39 is 10.2 Å². The minimum Gasteiger partial charge on any atom is -0.300 e. The predicted octanol–water partition coefficient (Wildman–Crippen LogP) is 1.50. The number of amides is 1. The normalized spacial score (nSPS) is 19.6. The van der Waals surface area contributed by atoms with Gasteiger partial charge in [0.05, 0.1) is 5.92 Å². The van der Waals surface area contributed by atoms with Crippen LogP contribution in [-0.4, -0.2) is 66.1 Å². The lowest BCUT2D eigenvalue weighted by Crippen LogP contribution is -2.47. The van der Waals surface area contributed by atoms with Gasteiger partial charge in [-0.3, -0.25) is 4.79 Å². The van der Waals surface area contributed by atoms with Crippen LogP contribution < -0.4 is 5.32 Å². The number of rotatable bonds is 7. The van der Waals surface area contributed by atoms with Crippen molar-refractivity contribution in [3.05, 3.63) is 0 Å². The second-order valence-corrected chi connectivity index (χ2v) is 10.2. The number of carbonyl (C=O) groups excluding carboxylic acids is 1. The highest BCUT2D eigenvalue weighted by atomic mass is 32.2. The van der Waals surface area contributed by atoms with E-state index in [2.05, 4.69) is 22.4 Å². The molecule has 1 aromatic heterocycles. The molecule has 1 saturated heterocycles. The Bertz CT molecular complexity index is 662. The number of carbonyl (C=O) groups is 1. The van der Waals surface area contributed by atoms with Crippen molar-refractivity contribution < 1.29 is 13.2 Å². The van der Waals surface area contributed by atoms with Gasteiger partial charge in [0.2, 0.25) is 11.0 Å². The van der Waals surface area contributed by atoms with E-state index in [0.29, 0.717) is 24.5 Å². The van der Waals surface area contributed by atoms with E-state index in [1.165, 1.54) is 34.0 Å². The van der Waals surface area contributed by atoms with E-state index in [9.17, 15) is 13.2 Å². The maximum absolute atomic E-state index is 12.4. The molecular formula is C13H23N5O3S3. The van der Waals surface area contributed by atoms with Crippen molar-refractivity contribution in [3.8, 4) is 0 Å². The third-order valence-corrected chi connectivity index (χ3v) is 7.69. The van der Waals surface area contributed by atoms with Gasteiger partial charge < -0.3 is 5.32 Å². The number of hydrogen-bond donors (Lipinski definition) is 1. The molecule has 1 aliphatic rings. The van der Waals surface area contributed by atoms with Gasteiger partial charge in [-0.1, -0.05) is 30.0 Å². The molecule has 0 aliphatic carbocycles. The quantitative estimate of drug-likeness (QED) is 0.557. The van der Waals surface area contributed by atoms with Crippen LogP contribution in [0, 0.1) is 5.92 Å². The first-order chi connectivity index (χ1) is 11.3. The van der Waals surface area contributed by atoms with Gasteiger partial charge in [-0.05, 0) is 19.3 Å². The van der Waals surface area contributed by atoms with E-state index in [-0.39, 0.29) is 18.4 Å². The number of anilines is 1. The van der Waals surface area contributed by atoms with Crippen LogP contribution in [0.15, 0.2) is 4.34 Å². The van der Waals surface area contributed by atoms with Crippen molar-refractivity contribution in [2.24, 2.45) is 5.92 Å². The van der Waals surface area contributed by atoms with Crippen LogP contribution in [-0.2, 0) is 15.0 Å². The van der Waals surface area contributed by atoms with Crippen molar-refractivity contribution in [3.63, 3.8) is 0 Å². The lowest BCUT2D eigenvalue weighted by molar-refractivity contribution is -0.120. The molecule has 1 aliphatic heterocycles. The average molecular weight is 394 g/mol. The summed E-state index contributed by atoms with van der Waals surface area (Å²) in [6, 6.07) is 0. The van der Waals surface area contributed by atoms with Gasteiger partial charge in [-0.25, -0.2) is 0 Å². The van der Waals surface area contributed by atoms with Crippen molar-refractivity contribution in [1.82, 2.24) is 18.8 Å². The Kier molecular flexibility index (Phi) is 6.99. The molecule has 11 heteroatoms. The summed E-state index contributed by atoms with van der Waals surface area (Å²) in [6.45, 7) is 2.73. The lowest BCUT2D eigenvalue weighted by atomic mass is 9.99. The topological polar surface area (TPSA) is 95.5 Å². The third-order valence-electron chi connectivity index (χ3n) is 3.61. The van der Waals surface area contributed by atoms with Crippen molar-refractivity contribution in [2.75, 3.05) is 38.3 Å². The summed E-state index contributed by atoms with van der Waals surface area (Å²) in [7, 11) is -0.496. The molecule has 0 radical (unpaired) electrons.